The van der Waals surface area contributed by atoms with E-state index >= 15 is 0 Å². The van der Waals surface area contributed by atoms with Gasteiger partial charge in [0.25, 0.3) is 5.91 Å². The molecule has 0 aliphatic carbocycles. The van der Waals surface area contributed by atoms with Crippen LogP contribution >= 0.6 is 0 Å². The molecule has 0 spiro atoms. The van der Waals surface area contributed by atoms with E-state index in [1.54, 1.807) is 18.2 Å². The molecule has 2 aliphatic rings. The third-order valence-corrected chi connectivity index (χ3v) is 5.44. The molecule has 0 saturated heterocycles. The third kappa shape index (κ3) is 3.01. The lowest BCUT2D eigenvalue weighted by molar-refractivity contribution is -0.119. The van der Waals surface area contributed by atoms with E-state index in [9.17, 15) is 9.59 Å². The lowest BCUT2D eigenvalue weighted by Crippen LogP contribution is -2.20. The summed E-state index contributed by atoms with van der Waals surface area (Å²) in [6.45, 7) is -0.220. The maximum absolute atomic E-state index is 12.8. The Balaban J connectivity index is 1.87. The van der Waals surface area contributed by atoms with E-state index in [1.807, 2.05) is 12.1 Å². The molecule has 0 unspecified atom stereocenters. The highest BCUT2D eigenvalue weighted by Crippen LogP contribution is 2.49. The summed E-state index contributed by atoms with van der Waals surface area (Å²) in [7, 11) is 3.04. The molecule has 0 atom stereocenters. The van der Waals surface area contributed by atoms with E-state index in [0.717, 1.165) is 5.56 Å². The Labute approximate surface area is 182 Å². The Morgan fingerprint density at radius 3 is 2.41 bits per heavy atom. The van der Waals surface area contributed by atoms with Crippen LogP contribution in [0.5, 0.6) is 28.7 Å². The first-order chi connectivity index (χ1) is 15.5. The number of carbonyl (C=O) groups is 2. The van der Waals surface area contributed by atoms with E-state index in [1.165, 1.54) is 14.2 Å². The van der Waals surface area contributed by atoms with Gasteiger partial charge in [0.2, 0.25) is 6.79 Å². The average Bonchev–Trinajstić information content (AvgIpc) is 3.42. The third-order valence-electron chi connectivity index (χ3n) is 5.44. The van der Waals surface area contributed by atoms with Crippen molar-refractivity contribution in [3.05, 3.63) is 41.5 Å². The molecule has 0 bridgehead atoms. The maximum atomic E-state index is 12.8. The zero-order valence-electron chi connectivity index (χ0n) is 17.4. The number of amides is 1. The van der Waals surface area contributed by atoms with Crippen molar-refractivity contribution >= 4 is 22.6 Å². The summed E-state index contributed by atoms with van der Waals surface area (Å²) in [5, 5.41) is 1.27. The molecular formula is C23H19NO8. The number of fused-ring (bicyclic) bond motifs is 3. The van der Waals surface area contributed by atoms with E-state index < -0.39 is 11.9 Å². The molecule has 0 fully saturated rings. The summed E-state index contributed by atoms with van der Waals surface area (Å²) >= 11 is 0. The Morgan fingerprint density at radius 1 is 0.969 bits per heavy atom. The fraction of sp³-hybridized carbons (Fsp3) is 0.217. The van der Waals surface area contributed by atoms with E-state index in [0.29, 0.717) is 56.2 Å². The van der Waals surface area contributed by atoms with Crippen molar-refractivity contribution in [2.45, 2.75) is 6.61 Å². The van der Waals surface area contributed by atoms with Gasteiger partial charge in [-0.1, -0.05) is 6.07 Å². The summed E-state index contributed by atoms with van der Waals surface area (Å²) in [6.07, 6.45) is 0. The minimum Gasteiger partial charge on any atom is -0.493 e. The van der Waals surface area contributed by atoms with Gasteiger partial charge in [0.1, 0.15) is 12.4 Å². The molecular weight excluding hydrogens is 418 g/mol. The highest BCUT2D eigenvalue weighted by Gasteiger charge is 2.33. The molecule has 0 aromatic heterocycles. The van der Waals surface area contributed by atoms with Crippen LogP contribution in [-0.2, 0) is 16.1 Å². The summed E-state index contributed by atoms with van der Waals surface area (Å²) < 4.78 is 33.0. The van der Waals surface area contributed by atoms with Gasteiger partial charge in [-0.25, -0.2) is 4.79 Å². The summed E-state index contributed by atoms with van der Waals surface area (Å²) in [5.74, 6) is 1.33. The van der Waals surface area contributed by atoms with Crippen LogP contribution in [0, 0.1) is 0 Å². The molecule has 2 aliphatic heterocycles. The Kier molecular flexibility index (Phi) is 4.66. The molecule has 9 heteroatoms. The van der Waals surface area contributed by atoms with Gasteiger partial charge in [-0.2, -0.15) is 0 Å². The van der Waals surface area contributed by atoms with Crippen LogP contribution in [0.1, 0.15) is 15.9 Å². The van der Waals surface area contributed by atoms with Gasteiger partial charge in [-0.3, -0.25) is 4.79 Å². The van der Waals surface area contributed by atoms with Gasteiger partial charge in [0, 0.05) is 16.5 Å². The lowest BCUT2D eigenvalue weighted by atomic mass is 9.89. The number of nitrogens with two attached hydrogens (primary N) is 1. The predicted octanol–water partition coefficient (Wildman–Crippen LogP) is 2.79. The zero-order valence-corrected chi connectivity index (χ0v) is 17.4. The van der Waals surface area contributed by atoms with Gasteiger partial charge in [0.05, 0.1) is 19.8 Å². The second kappa shape index (κ2) is 7.52. The molecule has 2 heterocycles. The van der Waals surface area contributed by atoms with Crippen LogP contribution in [0.25, 0.3) is 21.9 Å². The van der Waals surface area contributed by atoms with E-state index in [4.69, 9.17) is 34.2 Å². The first-order valence-electron chi connectivity index (χ1n) is 9.74. The van der Waals surface area contributed by atoms with Crippen molar-refractivity contribution in [3.63, 3.8) is 0 Å². The van der Waals surface area contributed by atoms with Crippen molar-refractivity contribution in [2.75, 3.05) is 27.6 Å². The van der Waals surface area contributed by atoms with Crippen molar-refractivity contribution in [1.82, 2.24) is 0 Å². The fourth-order valence-corrected chi connectivity index (χ4v) is 4.07. The molecule has 0 saturated carbocycles. The highest BCUT2D eigenvalue weighted by molar-refractivity contribution is 6.14. The molecule has 5 rings (SSSR count). The smallest absolute Gasteiger partial charge is 0.339 e. The first-order valence-corrected chi connectivity index (χ1v) is 9.74. The second-order valence-electron chi connectivity index (χ2n) is 7.21. The molecule has 3 aromatic rings. The molecule has 1 amide bonds. The predicted molar refractivity (Wildman–Crippen MR) is 112 cm³/mol. The van der Waals surface area contributed by atoms with Crippen molar-refractivity contribution in [1.29, 1.82) is 0 Å². The fourth-order valence-electron chi connectivity index (χ4n) is 4.07. The standard InChI is InChI=1S/C23H19NO8/c1-27-16-6-12-13(7-17(16)28-2)22(29-9-19(24)25)14-8-30-23(26)21(14)20(12)11-3-4-15-18(5-11)32-10-31-15/h3-7H,8-10H2,1-2H3,(H2,24,25). The highest BCUT2D eigenvalue weighted by atomic mass is 16.7. The van der Waals surface area contributed by atoms with Crippen molar-refractivity contribution in [3.8, 4) is 39.9 Å². The SMILES string of the molecule is COc1cc2c(OCC(N)=O)c3c(c(-c4ccc5c(c4)OCO5)c2cc1OC)C(=O)OC3. The quantitative estimate of drug-likeness (QED) is 0.586. The number of benzene rings is 3. The normalized spacial score (nSPS) is 13.6. The number of hydrogen-bond donors (Lipinski definition) is 1. The van der Waals surface area contributed by atoms with E-state index in [-0.39, 0.29) is 20.0 Å². The first kappa shape index (κ1) is 19.8. The summed E-state index contributed by atoms with van der Waals surface area (Å²) in [4.78, 5) is 24.2. The molecule has 164 valence electrons. The molecule has 2 N–H and O–H groups in total. The number of primary amides is 1. The van der Waals surface area contributed by atoms with E-state index in [2.05, 4.69) is 0 Å². The molecule has 9 nitrogen and oxygen atoms in total. The second-order valence-corrected chi connectivity index (χ2v) is 7.21. The van der Waals surface area contributed by atoms with Crippen LogP contribution in [-0.4, -0.2) is 39.5 Å². The number of carbonyl (C=O) groups excluding carboxylic acids is 2. The lowest BCUT2D eigenvalue weighted by Gasteiger charge is -2.19. The monoisotopic (exact) mass is 437 g/mol. The van der Waals surface area contributed by atoms with Crippen LogP contribution in [0.3, 0.4) is 0 Å². The van der Waals surface area contributed by atoms with Gasteiger partial charge >= 0.3 is 5.97 Å². The Hall–Kier alpha value is -4.14. The number of methoxy groups -OCH3 is 2. The maximum Gasteiger partial charge on any atom is 0.339 e. The van der Waals surface area contributed by atoms with Crippen LogP contribution in [0.4, 0.5) is 0 Å². The molecule has 0 radical (unpaired) electrons. The van der Waals surface area contributed by atoms with Crippen molar-refractivity contribution in [2.24, 2.45) is 5.73 Å². The Bertz CT molecular complexity index is 1280. The number of rotatable bonds is 6. The Morgan fingerprint density at radius 2 is 1.69 bits per heavy atom. The average molecular weight is 437 g/mol. The van der Waals surface area contributed by atoms with Crippen molar-refractivity contribution < 1.29 is 38.0 Å². The van der Waals surface area contributed by atoms with Gasteiger partial charge in [-0.05, 0) is 35.2 Å². The van der Waals surface area contributed by atoms with Crippen LogP contribution < -0.4 is 29.4 Å². The number of ether oxygens (including phenoxy) is 6. The van der Waals surface area contributed by atoms with Gasteiger partial charge in [-0.15, -0.1) is 0 Å². The summed E-state index contributed by atoms with van der Waals surface area (Å²) in [5.41, 5.74) is 7.53. The molecule has 32 heavy (non-hydrogen) atoms. The molecule has 3 aromatic carbocycles. The number of cyclic esters (lactones) is 1. The number of hydrogen-bond acceptors (Lipinski definition) is 8. The van der Waals surface area contributed by atoms with Crippen LogP contribution in [0.2, 0.25) is 0 Å². The minimum atomic E-state index is -0.641. The van der Waals surface area contributed by atoms with Gasteiger partial charge in [0.15, 0.2) is 29.6 Å². The largest absolute Gasteiger partial charge is 0.493 e. The zero-order chi connectivity index (χ0) is 22.4. The summed E-state index contributed by atoms with van der Waals surface area (Å²) in [6, 6.07) is 8.94. The van der Waals surface area contributed by atoms with Gasteiger partial charge < -0.3 is 34.2 Å². The minimum absolute atomic E-state index is 0.00407. The van der Waals surface area contributed by atoms with Crippen LogP contribution in [0.15, 0.2) is 30.3 Å². The topological polar surface area (TPSA) is 116 Å². The number of esters is 1.